The molecule has 0 aromatic heterocycles. The third kappa shape index (κ3) is 4.62. The Kier molecular flexibility index (Phi) is 5.66. The maximum absolute atomic E-state index is 6.47. The Hall–Kier alpha value is -1.57. The minimum atomic E-state index is -1.49. The van der Waals surface area contributed by atoms with E-state index >= 15 is 0 Å². The van der Waals surface area contributed by atoms with Crippen molar-refractivity contribution in [2.75, 3.05) is 0 Å². The highest BCUT2D eigenvalue weighted by Gasteiger charge is 2.33. The molecule has 0 radical (unpaired) electrons. The summed E-state index contributed by atoms with van der Waals surface area (Å²) < 4.78 is 19.3. The van der Waals surface area contributed by atoms with Crippen molar-refractivity contribution in [3.8, 4) is 11.5 Å². The van der Waals surface area contributed by atoms with E-state index in [1.807, 2.05) is 0 Å². The van der Waals surface area contributed by atoms with Gasteiger partial charge in [-0.3, -0.25) is 4.52 Å². The number of rotatable bonds is 2. The summed E-state index contributed by atoms with van der Waals surface area (Å²) in [5.74, 6) is 1.87. The molecular weight excluding hydrogens is 379 g/mol. The molecule has 1 heterocycles. The Morgan fingerprint density at radius 2 is 1.31 bits per heavy atom. The van der Waals surface area contributed by atoms with E-state index in [1.165, 1.54) is 35.1 Å². The van der Waals surface area contributed by atoms with Gasteiger partial charge in [0.1, 0.15) is 11.5 Å². The standard InChI is InChI=1S/C25H33O3P/c1-16-11-18(3)23-20(13-16)15-21-14-17(2)12-19(4)24(21)28-29(27-23)26-22-7-9-25(5,6)10-8-22/h11-14,22H,7-10,15H2,1-6H3. The topological polar surface area (TPSA) is 27.7 Å². The van der Waals surface area contributed by atoms with Crippen molar-refractivity contribution in [1.82, 2.24) is 0 Å². The smallest absolute Gasteiger partial charge is 0.417 e. The van der Waals surface area contributed by atoms with Crippen LogP contribution in [0.4, 0.5) is 0 Å². The van der Waals surface area contributed by atoms with Crippen LogP contribution in [-0.2, 0) is 10.9 Å². The zero-order valence-corrected chi connectivity index (χ0v) is 19.5. The van der Waals surface area contributed by atoms with Crippen molar-refractivity contribution in [3.63, 3.8) is 0 Å². The Morgan fingerprint density at radius 3 is 1.79 bits per heavy atom. The monoisotopic (exact) mass is 412 g/mol. The van der Waals surface area contributed by atoms with Crippen LogP contribution >= 0.6 is 8.60 Å². The number of benzene rings is 2. The van der Waals surface area contributed by atoms with E-state index < -0.39 is 8.60 Å². The molecule has 0 bridgehead atoms. The maximum Gasteiger partial charge on any atom is 0.463 e. The third-order valence-corrected chi connectivity index (χ3v) is 7.36. The van der Waals surface area contributed by atoms with E-state index in [4.69, 9.17) is 13.6 Å². The second kappa shape index (κ2) is 7.93. The lowest BCUT2D eigenvalue weighted by molar-refractivity contribution is 0.0897. The summed E-state index contributed by atoms with van der Waals surface area (Å²) in [7, 11) is -1.49. The second-order valence-electron chi connectivity index (χ2n) is 9.69. The largest absolute Gasteiger partial charge is 0.463 e. The van der Waals surface area contributed by atoms with E-state index in [0.29, 0.717) is 5.41 Å². The molecule has 1 fully saturated rings. The van der Waals surface area contributed by atoms with Crippen molar-refractivity contribution < 1.29 is 13.6 Å². The molecule has 0 saturated heterocycles. The lowest BCUT2D eigenvalue weighted by atomic mass is 9.76. The summed E-state index contributed by atoms with van der Waals surface area (Å²) in [5, 5.41) is 0. The molecule has 0 unspecified atom stereocenters. The van der Waals surface area contributed by atoms with Gasteiger partial charge in [0.25, 0.3) is 0 Å². The van der Waals surface area contributed by atoms with Crippen LogP contribution in [0.25, 0.3) is 0 Å². The van der Waals surface area contributed by atoms with Gasteiger partial charge in [0, 0.05) is 6.42 Å². The molecule has 2 aromatic carbocycles. The quantitative estimate of drug-likeness (QED) is 0.478. The Labute approximate surface area is 176 Å². The van der Waals surface area contributed by atoms with Gasteiger partial charge in [-0.05, 0) is 81.0 Å². The predicted octanol–water partition coefficient (Wildman–Crippen LogP) is 7.49. The molecule has 4 heteroatoms. The molecule has 0 atom stereocenters. The average Bonchev–Trinajstić information content (AvgIpc) is 2.60. The van der Waals surface area contributed by atoms with Gasteiger partial charge in [0.15, 0.2) is 0 Å². The van der Waals surface area contributed by atoms with Crippen LogP contribution in [0.2, 0.25) is 0 Å². The molecule has 156 valence electrons. The predicted molar refractivity (Wildman–Crippen MR) is 120 cm³/mol. The van der Waals surface area contributed by atoms with Gasteiger partial charge >= 0.3 is 8.60 Å². The average molecular weight is 413 g/mol. The minimum absolute atomic E-state index is 0.206. The van der Waals surface area contributed by atoms with Crippen LogP contribution in [-0.4, -0.2) is 6.10 Å². The number of fused-ring (bicyclic) bond motifs is 2. The first kappa shape index (κ1) is 20.7. The van der Waals surface area contributed by atoms with Gasteiger partial charge in [-0.15, -0.1) is 0 Å². The van der Waals surface area contributed by atoms with Gasteiger partial charge in [-0.2, -0.15) is 0 Å². The van der Waals surface area contributed by atoms with Crippen LogP contribution in [0.5, 0.6) is 11.5 Å². The van der Waals surface area contributed by atoms with Gasteiger partial charge in [0.2, 0.25) is 0 Å². The van der Waals surface area contributed by atoms with E-state index in [-0.39, 0.29) is 6.10 Å². The van der Waals surface area contributed by atoms with Crippen LogP contribution in [0.15, 0.2) is 24.3 Å². The van der Waals surface area contributed by atoms with Gasteiger partial charge in [-0.25, -0.2) is 0 Å². The highest BCUT2D eigenvalue weighted by molar-refractivity contribution is 7.42. The summed E-state index contributed by atoms with van der Waals surface area (Å²) in [6.07, 6.45) is 5.53. The fourth-order valence-electron chi connectivity index (χ4n) is 4.62. The summed E-state index contributed by atoms with van der Waals surface area (Å²) >= 11 is 0. The normalized spacial score (nSPS) is 19.4. The minimum Gasteiger partial charge on any atom is -0.417 e. The molecule has 1 saturated carbocycles. The lowest BCUT2D eigenvalue weighted by Crippen LogP contribution is -2.26. The molecule has 0 spiro atoms. The first-order valence-corrected chi connectivity index (χ1v) is 11.8. The molecule has 0 N–H and O–H groups in total. The highest BCUT2D eigenvalue weighted by atomic mass is 31.2. The molecular formula is C25H33O3P. The summed E-state index contributed by atoms with van der Waals surface area (Å²) in [6.45, 7) is 13.2. The van der Waals surface area contributed by atoms with Crippen LogP contribution < -0.4 is 9.05 Å². The van der Waals surface area contributed by atoms with Crippen LogP contribution in [0.1, 0.15) is 72.9 Å². The zero-order valence-electron chi connectivity index (χ0n) is 18.6. The maximum atomic E-state index is 6.47. The summed E-state index contributed by atoms with van der Waals surface area (Å²) in [4.78, 5) is 0. The lowest BCUT2D eigenvalue weighted by Gasteiger charge is -2.35. The first-order chi connectivity index (χ1) is 13.7. The van der Waals surface area contributed by atoms with Gasteiger partial charge in [-0.1, -0.05) is 49.2 Å². The van der Waals surface area contributed by atoms with Crippen LogP contribution in [0, 0.1) is 33.1 Å². The first-order valence-electron chi connectivity index (χ1n) is 10.7. The third-order valence-electron chi connectivity index (χ3n) is 6.23. The summed E-state index contributed by atoms with van der Waals surface area (Å²) in [5.41, 5.74) is 7.68. The van der Waals surface area contributed by atoms with E-state index in [2.05, 4.69) is 65.8 Å². The van der Waals surface area contributed by atoms with Crippen molar-refractivity contribution in [2.45, 2.75) is 79.8 Å². The van der Waals surface area contributed by atoms with Crippen molar-refractivity contribution in [2.24, 2.45) is 5.41 Å². The summed E-state index contributed by atoms with van der Waals surface area (Å²) in [6, 6.07) is 8.84. The van der Waals surface area contributed by atoms with Crippen LogP contribution in [0.3, 0.4) is 0 Å². The highest BCUT2D eigenvalue weighted by Crippen LogP contribution is 2.51. The molecule has 3 nitrogen and oxygen atoms in total. The van der Waals surface area contributed by atoms with Crippen molar-refractivity contribution in [3.05, 3.63) is 57.6 Å². The number of aryl methyl sites for hydroxylation is 4. The van der Waals surface area contributed by atoms with E-state index in [9.17, 15) is 0 Å². The SMILES string of the molecule is Cc1cc(C)c2c(c1)Cc1cc(C)cc(C)c1OP(OC1CCC(C)(C)CC1)O2. The molecule has 2 aromatic rings. The Balaban J connectivity index is 1.69. The Bertz CT molecular complexity index is 849. The van der Waals surface area contributed by atoms with Gasteiger partial charge in [0.05, 0.1) is 6.10 Å². The van der Waals surface area contributed by atoms with Gasteiger partial charge < -0.3 is 9.05 Å². The fourth-order valence-corrected chi connectivity index (χ4v) is 6.02. The zero-order chi connectivity index (χ0) is 20.8. The molecule has 0 amide bonds. The molecule has 4 rings (SSSR count). The number of hydrogen-bond donors (Lipinski definition) is 0. The second-order valence-corrected chi connectivity index (χ2v) is 10.7. The number of hydrogen-bond acceptors (Lipinski definition) is 3. The van der Waals surface area contributed by atoms with Crippen molar-refractivity contribution in [1.29, 1.82) is 0 Å². The molecule has 1 aliphatic carbocycles. The molecule has 1 aliphatic heterocycles. The van der Waals surface area contributed by atoms with Crippen molar-refractivity contribution >= 4 is 8.60 Å². The Morgan fingerprint density at radius 1 is 0.828 bits per heavy atom. The fraction of sp³-hybridized carbons (Fsp3) is 0.520. The van der Waals surface area contributed by atoms with E-state index in [0.717, 1.165) is 41.9 Å². The molecule has 2 aliphatic rings. The molecule has 29 heavy (non-hydrogen) atoms. The van der Waals surface area contributed by atoms with E-state index in [1.54, 1.807) is 0 Å².